The smallest absolute Gasteiger partial charge is 0.344 e. The number of carbonyl (C=O) groups is 3. The Bertz CT molecular complexity index is 583. The highest BCUT2D eigenvalue weighted by Gasteiger charge is 2.19. The molecule has 0 aliphatic heterocycles. The van der Waals surface area contributed by atoms with E-state index >= 15 is 0 Å². The van der Waals surface area contributed by atoms with Crippen LogP contribution in [0.3, 0.4) is 0 Å². The second-order valence-electron chi connectivity index (χ2n) is 5.63. The molecular formula is C16H20O6. The first kappa shape index (κ1) is 17.7. The zero-order valence-corrected chi connectivity index (χ0v) is 13.4. The number of ketones is 1. The quantitative estimate of drug-likeness (QED) is 0.614. The summed E-state index contributed by atoms with van der Waals surface area (Å²) >= 11 is 0. The molecule has 0 saturated heterocycles. The molecule has 1 rings (SSSR count). The molecule has 0 unspecified atom stereocenters. The van der Waals surface area contributed by atoms with E-state index in [0.717, 1.165) is 0 Å². The van der Waals surface area contributed by atoms with Crippen molar-refractivity contribution in [2.45, 2.75) is 33.3 Å². The van der Waals surface area contributed by atoms with Crippen molar-refractivity contribution >= 4 is 17.7 Å². The Hall–Kier alpha value is -2.37. The lowest BCUT2D eigenvalue weighted by Crippen LogP contribution is -2.27. The van der Waals surface area contributed by atoms with Gasteiger partial charge in [-0.05, 0) is 45.9 Å². The highest BCUT2D eigenvalue weighted by molar-refractivity contribution is 5.99. The molecule has 0 spiro atoms. The number of benzene rings is 1. The summed E-state index contributed by atoms with van der Waals surface area (Å²) in [4.78, 5) is 34.8. The topological polar surface area (TPSA) is 78.9 Å². The van der Waals surface area contributed by atoms with Gasteiger partial charge in [0.25, 0.3) is 0 Å². The number of hydrogen-bond acceptors (Lipinski definition) is 6. The predicted octanol–water partition coefficient (Wildman–Crippen LogP) is 2.40. The SMILES string of the molecule is COC(=O)c1cc(C(C)=O)ccc1OCC(=O)OC(C)(C)C. The molecule has 0 aliphatic rings. The van der Waals surface area contributed by atoms with Crippen LogP contribution in [-0.2, 0) is 14.3 Å². The summed E-state index contributed by atoms with van der Waals surface area (Å²) in [7, 11) is 1.22. The van der Waals surface area contributed by atoms with E-state index in [0.29, 0.717) is 5.56 Å². The van der Waals surface area contributed by atoms with Gasteiger partial charge in [0.15, 0.2) is 12.4 Å². The molecule has 6 heteroatoms. The Morgan fingerprint density at radius 3 is 2.27 bits per heavy atom. The summed E-state index contributed by atoms with van der Waals surface area (Å²) in [6, 6.07) is 4.34. The maximum atomic E-state index is 11.8. The van der Waals surface area contributed by atoms with E-state index in [1.54, 1.807) is 20.8 Å². The molecular weight excluding hydrogens is 288 g/mol. The Morgan fingerprint density at radius 2 is 1.77 bits per heavy atom. The standard InChI is InChI=1S/C16H20O6/c1-10(17)11-6-7-13(12(8-11)15(19)20-5)21-9-14(18)22-16(2,3)4/h6-8H,9H2,1-5H3. The molecule has 0 fully saturated rings. The van der Waals surface area contributed by atoms with Gasteiger partial charge in [0.05, 0.1) is 7.11 Å². The molecule has 0 amide bonds. The molecule has 0 bridgehead atoms. The van der Waals surface area contributed by atoms with Crippen LogP contribution < -0.4 is 4.74 Å². The van der Waals surface area contributed by atoms with Crippen LogP contribution in [0.25, 0.3) is 0 Å². The molecule has 22 heavy (non-hydrogen) atoms. The fraction of sp³-hybridized carbons (Fsp3) is 0.438. The Morgan fingerprint density at radius 1 is 1.14 bits per heavy atom. The summed E-state index contributed by atoms with van der Waals surface area (Å²) in [5.41, 5.74) is -0.187. The molecule has 6 nitrogen and oxygen atoms in total. The van der Waals surface area contributed by atoms with Crippen LogP contribution >= 0.6 is 0 Å². The molecule has 0 aliphatic carbocycles. The van der Waals surface area contributed by atoms with E-state index < -0.39 is 17.5 Å². The number of esters is 2. The zero-order chi connectivity index (χ0) is 16.9. The van der Waals surface area contributed by atoms with Crippen molar-refractivity contribution in [2.75, 3.05) is 13.7 Å². The molecule has 1 aromatic carbocycles. The number of methoxy groups -OCH3 is 1. The van der Waals surface area contributed by atoms with Crippen molar-refractivity contribution in [3.8, 4) is 5.75 Å². The Balaban J connectivity index is 2.92. The minimum Gasteiger partial charge on any atom is -0.481 e. The molecule has 120 valence electrons. The van der Waals surface area contributed by atoms with Crippen molar-refractivity contribution in [2.24, 2.45) is 0 Å². The minimum atomic E-state index is -0.651. The van der Waals surface area contributed by atoms with Gasteiger partial charge in [0.2, 0.25) is 0 Å². The predicted molar refractivity (Wildman–Crippen MR) is 79.1 cm³/mol. The molecule has 0 heterocycles. The maximum absolute atomic E-state index is 11.8. The average Bonchev–Trinajstić information content (AvgIpc) is 2.42. The lowest BCUT2D eigenvalue weighted by Gasteiger charge is -2.19. The van der Waals surface area contributed by atoms with E-state index in [-0.39, 0.29) is 23.7 Å². The van der Waals surface area contributed by atoms with Crippen LogP contribution in [0.15, 0.2) is 18.2 Å². The second-order valence-corrected chi connectivity index (χ2v) is 5.63. The fourth-order valence-corrected chi connectivity index (χ4v) is 1.65. The van der Waals surface area contributed by atoms with Gasteiger partial charge in [-0.1, -0.05) is 0 Å². The van der Waals surface area contributed by atoms with Gasteiger partial charge in [-0.3, -0.25) is 4.79 Å². The Kier molecular flexibility index (Phi) is 5.68. The molecule has 0 saturated carbocycles. The third-order valence-corrected chi connectivity index (χ3v) is 2.56. The molecule has 1 aromatic rings. The van der Waals surface area contributed by atoms with Crippen LogP contribution in [0.5, 0.6) is 5.75 Å². The first-order chi connectivity index (χ1) is 10.1. The van der Waals surface area contributed by atoms with Crippen molar-refractivity contribution in [1.82, 2.24) is 0 Å². The second kappa shape index (κ2) is 7.06. The summed E-state index contributed by atoms with van der Waals surface area (Å²) in [5, 5.41) is 0. The Labute approximate surface area is 129 Å². The van der Waals surface area contributed by atoms with Gasteiger partial charge in [-0.15, -0.1) is 0 Å². The average molecular weight is 308 g/mol. The summed E-state index contributed by atoms with van der Waals surface area (Å²) in [6.45, 7) is 6.27. The summed E-state index contributed by atoms with van der Waals surface area (Å²) in [6.07, 6.45) is 0. The van der Waals surface area contributed by atoms with Crippen molar-refractivity contribution < 1.29 is 28.6 Å². The van der Waals surface area contributed by atoms with Gasteiger partial charge < -0.3 is 14.2 Å². The number of Topliss-reactive ketones (excluding diaryl/α,β-unsaturated/α-hetero) is 1. The lowest BCUT2D eigenvalue weighted by molar-refractivity contribution is -0.157. The lowest BCUT2D eigenvalue weighted by atomic mass is 10.1. The largest absolute Gasteiger partial charge is 0.481 e. The third-order valence-electron chi connectivity index (χ3n) is 2.56. The number of hydrogen-bond donors (Lipinski definition) is 0. The minimum absolute atomic E-state index is 0.0822. The molecule has 0 atom stereocenters. The number of carbonyl (C=O) groups excluding carboxylic acids is 3. The maximum Gasteiger partial charge on any atom is 0.344 e. The highest BCUT2D eigenvalue weighted by Crippen LogP contribution is 2.22. The zero-order valence-electron chi connectivity index (χ0n) is 13.4. The van der Waals surface area contributed by atoms with E-state index in [4.69, 9.17) is 9.47 Å². The fourth-order valence-electron chi connectivity index (χ4n) is 1.65. The van der Waals surface area contributed by atoms with Crippen LogP contribution in [0.1, 0.15) is 48.4 Å². The van der Waals surface area contributed by atoms with E-state index in [9.17, 15) is 14.4 Å². The van der Waals surface area contributed by atoms with Gasteiger partial charge in [0.1, 0.15) is 16.9 Å². The monoisotopic (exact) mass is 308 g/mol. The summed E-state index contributed by atoms with van der Waals surface area (Å²) in [5.74, 6) is -1.24. The van der Waals surface area contributed by atoms with Crippen molar-refractivity contribution in [3.05, 3.63) is 29.3 Å². The van der Waals surface area contributed by atoms with Crippen LogP contribution in [-0.4, -0.2) is 37.0 Å². The van der Waals surface area contributed by atoms with Gasteiger partial charge >= 0.3 is 11.9 Å². The number of ether oxygens (including phenoxy) is 3. The highest BCUT2D eigenvalue weighted by atomic mass is 16.6. The van der Waals surface area contributed by atoms with Crippen LogP contribution in [0.2, 0.25) is 0 Å². The molecule has 0 N–H and O–H groups in total. The first-order valence-corrected chi connectivity index (χ1v) is 6.72. The first-order valence-electron chi connectivity index (χ1n) is 6.72. The molecule has 0 aromatic heterocycles. The van der Waals surface area contributed by atoms with Crippen LogP contribution in [0, 0.1) is 0 Å². The van der Waals surface area contributed by atoms with Crippen molar-refractivity contribution in [1.29, 1.82) is 0 Å². The van der Waals surface area contributed by atoms with Crippen LogP contribution in [0.4, 0.5) is 0 Å². The van der Waals surface area contributed by atoms with Gasteiger partial charge in [-0.25, -0.2) is 9.59 Å². The third kappa shape index (κ3) is 5.20. The van der Waals surface area contributed by atoms with Crippen molar-refractivity contribution in [3.63, 3.8) is 0 Å². The number of rotatable bonds is 5. The normalized spacial score (nSPS) is 10.8. The molecule has 0 radical (unpaired) electrons. The van der Waals surface area contributed by atoms with Gasteiger partial charge in [0, 0.05) is 5.56 Å². The van der Waals surface area contributed by atoms with Gasteiger partial charge in [-0.2, -0.15) is 0 Å². The van der Waals surface area contributed by atoms with E-state index in [2.05, 4.69) is 4.74 Å². The van der Waals surface area contributed by atoms with E-state index in [1.165, 1.54) is 32.2 Å². The van der Waals surface area contributed by atoms with E-state index in [1.807, 2.05) is 0 Å². The summed E-state index contributed by atoms with van der Waals surface area (Å²) < 4.78 is 15.1.